The molecule has 0 fully saturated rings. The molecular formula is C13H18N4O2. The number of hydrogen-bond acceptors (Lipinski definition) is 6. The van der Waals surface area contributed by atoms with Crippen molar-refractivity contribution in [1.29, 1.82) is 0 Å². The average Bonchev–Trinajstić information content (AvgIpc) is 2.86. The Morgan fingerprint density at radius 1 is 1.37 bits per heavy atom. The smallest absolute Gasteiger partial charge is 0.240 e. The Bertz CT molecular complexity index is 551. The van der Waals surface area contributed by atoms with Crippen LogP contribution in [0.3, 0.4) is 0 Å². The zero-order chi connectivity index (χ0) is 13.8. The van der Waals surface area contributed by atoms with Gasteiger partial charge in [0.2, 0.25) is 11.7 Å². The van der Waals surface area contributed by atoms with Gasteiger partial charge in [-0.2, -0.15) is 4.98 Å². The molecule has 2 aromatic rings. The molecule has 0 amide bonds. The molecule has 0 bridgehead atoms. The summed E-state index contributed by atoms with van der Waals surface area (Å²) < 4.78 is 10.4. The van der Waals surface area contributed by atoms with Crippen molar-refractivity contribution >= 4 is 0 Å². The van der Waals surface area contributed by atoms with Crippen LogP contribution in [0, 0.1) is 0 Å². The molecule has 0 saturated carbocycles. The Morgan fingerprint density at radius 2 is 2.16 bits per heavy atom. The SMILES string of the molecule is COc1ccc(CN(C)C)cc1-c1noc(CN)n1. The lowest BCUT2D eigenvalue weighted by molar-refractivity contribution is 0.379. The number of ether oxygens (including phenoxy) is 1. The van der Waals surface area contributed by atoms with Crippen LogP contribution in [0.4, 0.5) is 0 Å². The Balaban J connectivity index is 2.40. The summed E-state index contributed by atoms with van der Waals surface area (Å²) in [4.78, 5) is 6.32. The van der Waals surface area contributed by atoms with Crippen molar-refractivity contribution in [1.82, 2.24) is 15.0 Å². The maximum atomic E-state index is 5.47. The molecule has 0 saturated heterocycles. The van der Waals surface area contributed by atoms with Crippen LogP contribution in [0.1, 0.15) is 11.5 Å². The second-order valence-corrected chi connectivity index (χ2v) is 4.49. The molecule has 0 radical (unpaired) electrons. The van der Waals surface area contributed by atoms with Crippen LogP contribution >= 0.6 is 0 Å². The van der Waals surface area contributed by atoms with Gasteiger partial charge in [-0.05, 0) is 31.8 Å². The number of benzene rings is 1. The fourth-order valence-electron chi connectivity index (χ4n) is 1.84. The Labute approximate surface area is 112 Å². The standard InChI is InChI=1S/C13H18N4O2/c1-17(2)8-9-4-5-11(18-3)10(6-9)13-15-12(7-14)19-16-13/h4-6H,7-8,14H2,1-3H3. The number of rotatable bonds is 5. The second-order valence-electron chi connectivity index (χ2n) is 4.49. The lowest BCUT2D eigenvalue weighted by Crippen LogP contribution is -2.10. The van der Waals surface area contributed by atoms with E-state index >= 15 is 0 Å². The molecule has 0 aliphatic rings. The maximum absolute atomic E-state index is 5.47. The molecule has 2 N–H and O–H groups in total. The maximum Gasteiger partial charge on any atom is 0.240 e. The first-order valence-electron chi connectivity index (χ1n) is 5.98. The third kappa shape index (κ3) is 3.10. The summed E-state index contributed by atoms with van der Waals surface area (Å²) in [6, 6.07) is 5.93. The van der Waals surface area contributed by atoms with Crippen LogP contribution in [0.2, 0.25) is 0 Å². The van der Waals surface area contributed by atoms with Crippen LogP contribution in [0.15, 0.2) is 22.7 Å². The first-order chi connectivity index (χ1) is 9.13. The summed E-state index contributed by atoms with van der Waals surface area (Å²) in [6.07, 6.45) is 0. The molecule has 6 heteroatoms. The van der Waals surface area contributed by atoms with Gasteiger partial charge in [0.25, 0.3) is 0 Å². The lowest BCUT2D eigenvalue weighted by Gasteiger charge is -2.12. The van der Waals surface area contributed by atoms with Crippen molar-refractivity contribution in [2.24, 2.45) is 5.73 Å². The Hall–Kier alpha value is -1.92. The van der Waals surface area contributed by atoms with Crippen LogP contribution < -0.4 is 10.5 Å². The number of methoxy groups -OCH3 is 1. The third-order valence-corrected chi connectivity index (χ3v) is 2.65. The van der Waals surface area contributed by atoms with E-state index in [0.717, 1.165) is 17.7 Å². The van der Waals surface area contributed by atoms with E-state index in [1.54, 1.807) is 7.11 Å². The molecule has 0 spiro atoms. The van der Waals surface area contributed by atoms with Gasteiger partial charge in [0.05, 0.1) is 19.2 Å². The zero-order valence-corrected chi connectivity index (χ0v) is 11.4. The highest BCUT2D eigenvalue weighted by molar-refractivity contribution is 5.64. The van der Waals surface area contributed by atoms with Crippen molar-refractivity contribution in [3.8, 4) is 17.1 Å². The van der Waals surface area contributed by atoms with Gasteiger partial charge in [-0.1, -0.05) is 11.2 Å². The molecule has 102 valence electrons. The summed E-state index contributed by atoms with van der Waals surface area (Å²) in [5.41, 5.74) is 7.44. The van der Waals surface area contributed by atoms with E-state index in [0.29, 0.717) is 17.5 Å². The van der Waals surface area contributed by atoms with Gasteiger partial charge >= 0.3 is 0 Å². The van der Waals surface area contributed by atoms with Gasteiger partial charge in [0.1, 0.15) is 5.75 Å². The fourth-order valence-corrected chi connectivity index (χ4v) is 1.84. The molecule has 1 heterocycles. The van der Waals surface area contributed by atoms with E-state index in [4.69, 9.17) is 15.0 Å². The Morgan fingerprint density at radius 3 is 2.74 bits per heavy atom. The van der Waals surface area contributed by atoms with Gasteiger partial charge in [-0.3, -0.25) is 0 Å². The van der Waals surface area contributed by atoms with Gasteiger partial charge in [-0.15, -0.1) is 0 Å². The Kier molecular flexibility index (Phi) is 4.13. The van der Waals surface area contributed by atoms with Crippen molar-refractivity contribution in [2.45, 2.75) is 13.1 Å². The predicted molar refractivity (Wildman–Crippen MR) is 71.6 cm³/mol. The van der Waals surface area contributed by atoms with Crippen LogP contribution in [-0.4, -0.2) is 36.2 Å². The van der Waals surface area contributed by atoms with Gasteiger partial charge in [0, 0.05) is 6.54 Å². The van der Waals surface area contributed by atoms with E-state index < -0.39 is 0 Å². The van der Waals surface area contributed by atoms with E-state index in [1.165, 1.54) is 0 Å². The van der Waals surface area contributed by atoms with Crippen LogP contribution in [-0.2, 0) is 13.1 Å². The highest BCUT2D eigenvalue weighted by Crippen LogP contribution is 2.29. The topological polar surface area (TPSA) is 77.4 Å². The molecule has 2 rings (SSSR count). The molecule has 0 aliphatic carbocycles. The minimum Gasteiger partial charge on any atom is -0.496 e. The summed E-state index contributed by atoms with van der Waals surface area (Å²) in [7, 11) is 5.66. The minimum atomic E-state index is 0.229. The largest absolute Gasteiger partial charge is 0.496 e. The molecule has 0 aliphatic heterocycles. The molecular weight excluding hydrogens is 244 g/mol. The van der Waals surface area contributed by atoms with Crippen molar-refractivity contribution in [2.75, 3.05) is 21.2 Å². The molecule has 0 atom stereocenters. The molecule has 6 nitrogen and oxygen atoms in total. The molecule has 0 unspecified atom stereocenters. The van der Waals surface area contributed by atoms with Crippen molar-refractivity contribution in [3.63, 3.8) is 0 Å². The van der Waals surface area contributed by atoms with E-state index in [1.807, 2.05) is 32.3 Å². The first-order valence-corrected chi connectivity index (χ1v) is 5.98. The van der Waals surface area contributed by atoms with Crippen LogP contribution in [0.5, 0.6) is 5.75 Å². The van der Waals surface area contributed by atoms with E-state index in [9.17, 15) is 0 Å². The summed E-state index contributed by atoms with van der Waals surface area (Å²) in [5.74, 6) is 1.62. The first kappa shape index (κ1) is 13.5. The van der Waals surface area contributed by atoms with Gasteiger partial charge in [-0.25, -0.2) is 0 Å². The van der Waals surface area contributed by atoms with E-state index in [2.05, 4.69) is 15.0 Å². The summed E-state index contributed by atoms with van der Waals surface area (Å²) in [6.45, 7) is 1.06. The predicted octanol–water partition coefficient (Wildman–Crippen LogP) is 1.27. The van der Waals surface area contributed by atoms with Crippen LogP contribution in [0.25, 0.3) is 11.4 Å². The van der Waals surface area contributed by atoms with Crippen molar-refractivity contribution < 1.29 is 9.26 Å². The monoisotopic (exact) mass is 262 g/mol. The van der Waals surface area contributed by atoms with E-state index in [-0.39, 0.29) is 6.54 Å². The molecule has 1 aromatic carbocycles. The normalized spacial score (nSPS) is 11.0. The second kappa shape index (κ2) is 5.81. The zero-order valence-electron chi connectivity index (χ0n) is 11.4. The summed E-state index contributed by atoms with van der Waals surface area (Å²) in [5, 5.41) is 3.93. The number of nitrogens with two attached hydrogens (primary N) is 1. The fraction of sp³-hybridized carbons (Fsp3) is 0.385. The third-order valence-electron chi connectivity index (χ3n) is 2.65. The number of aromatic nitrogens is 2. The lowest BCUT2D eigenvalue weighted by atomic mass is 10.1. The minimum absolute atomic E-state index is 0.229. The van der Waals surface area contributed by atoms with Crippen molar-refractivity contribution in [3.05, 3.63) is 29.7 Å². The number of hydrogen-bond donors (Lipinski definition) is 1. The average molecular weight is 262 g/mol. The molecule has 19 heavy (non-hydrogen) atoms. The molecule has 1 aromatic heterocycles. The number of nitrogens with zero attached hydrogens (tertiary/aromatic N) is 3. The quantitative estimate of drug-likeness (QED) is 0.874. The van der Waals surface area contributed by atoms with Gasteiger partial charge in [0.15, 0.2) is 0 Å². The highest BCUT2D eigenvalue weighted by atomic mass is 16.5. The highest BCUT2D eigenvalue weighted by Gasteiger charge is 2.13. The van der Waals surface area contributed by atoms with Gasteiger partial charge < -0.3 is 19.9 Å². The summed E-state index contributed by atoms with van der Waals surface area (Å²) >= 11 is 0.